The van der Waals surface area contributed by atoms with E-state index in [1.165, 1.54) is 0 Å². The number of hydrogen-bond donors (Lipinski definition) is 1. The molecule has 2 heterocycles. The quantitative estimate of drug-likeness (QED) is 0.883. The summed E-state index contributed by atoms with van der Waals surface area (Å²) >= 11 is 0. The third-order valence-electron chi connectivity index (χ3n) is 3.96. The summed E-state index contributed by atoms with van der Waals surface area (Å²) in [5.41, 5.74) is 0.625. The third kappa shape index (κ3) is 3.54. The summed E-state index contributed by atoms with van der Waals surface area (Å²) in [7, 11) is 3.67. The fourth-order valence-electron chi connectivity index (χ4n) is 2.93. The number of nitrogens with one attached hydrogen (secondary N) is 1. The molecule has 1 atom stereocenters. The molecule has 0 saturated carbocycles. The van der Waals surface area contributed by atoms with Gasteiger partial charge in [0.1, 0.15) is 0 Å². The highest BCUT2D eigenvalue weighted by molar-refractivity contribution is 5.86. The zero-order valence-electron chi connectivity index (χ0n) is 12.4. The second kappa shape index (κ2) is 6.79. The number of hydrogen-bond acceptors (Lipinski definition) is 4. The molecule has 2 rings (SSSR count). The highest BCUT2D eigenvalue weighted by Crippen LogP contribution is 2.26. The Morgan fingerprint density at radius 2 is 2.25 bits per heavy atom. The highest BCUT2D eigenvalue weighted by Gasteiger charge is 2.39. The van der Waals surface area contributed by atoms with E-state index >= 15 is 0 Å². The monoisotopic (exact) mass is 276 g/mol. The number of piperidine rings is 1. The lowest BCUT2D eigenvalue weighted by molar-refractivity contribution is -0.137. The van der Waals surface area contributed by atoms with Crippen molar-refractivity contribution in [2.24, 2.45) is 0 Å². The van der Waals surface area contributed by atoms with Crippen molar-refractivity contribution in [3.8, 4) is 0 Å². The maximum Gasteiger partial charge on any atom is 0.242 e. The van der Waals surface area contributed by atoms with E-state index in [4.69, 9.17) is 0 Å². The zero-order chi connectivity index (χ0) is 14.4. The van der Waals surface area contributed by atoms with Gasteiger partial charge in [-0.25, -0.2) is 0 Å². The summed E-state index contributed by atoms with van der Waals surface area (Å²) in [5.74, 6) is 0.205. The van der Waals surface area contributed by atoms with Gasteiger partial charge in [-0.15, -0.1) is 0 Å². The number of aryl methyl sites for hydroxylation is 1. The van der Waals surface area contributed by atoms with Crippen LogP contribution in [0.15, 0.2) is 18.6 Å². The van der Waals surface area contributed by atoms with Gasteiger partial charge in [-0.2, -0.15) is 0 Å². The highest BCUT2D eigenvalue weighted by atomic mass is 16.2. The molecular weight excluding hydrogens is 252 g/mol. The molecule has 1 N–H and O–H groups in total. The molecule has 1 aliphatic heterocycles. The topological polar surface area (TPSA) is 58.1 Å². The normalized spacial score (nSPS) is 22.5. The second-order valence-electron chi connectivity index (χ2n) is 5.72. The maximum atomic E-state index is 12.5. The fraction of sp³-hybridized carbons (Fsp3) is 0.667. The van der Waals surface area contributed by atoms with Gasteiger partial charge in [0.25, 0.3) is 0 Å². The molecular formula is C15H24N4O. The van der Waals surface area contributed by atoms with E-state index in [1.807, 2.05) is 14.1 Å². The number of rotatable bonds is 5. The zero-order valence-corrected chi connectivity index (χ0v) is 12.4. The lowest BCUT2D eigenvalue weighted by Gasteiger charge is -2.39. The Labute approximate surface area is 120 Å². The number of amides is 1. The van der Waals surface area contributed by atoms with E-state index in [1.54, 1.807) is 23.5 Å². The summed E-state index contributed by atoms with van der Waals surface area (Å²) in [6.45, 7) is 0.935. The summed E-state index contributed by atoms with van der Waals surface area (Å²) < 4.78 is 0. The van der Waals surface area contributed by atoms with Crippen LogP contribution in [0.1, 0.15) is 37.8 Å². The largest absolute Gasteiger partial charge is 0.347 e. The van der Waals surface area contributed by atoms with Gasteiger partial charge in [0.15, 0.2) is 0 Å². The van der Waals surface area contributed by atoms with Gasteiger partial charge in [-0.05, 0) is 45.1 Å². The molecule has 1 aromatic rings. The van der Waals surface area contributed by atoms with Crippen molar-refractivity contribution in [3.63, 3.8) is 0 Å². The van der Waals surface area contributed by atoms with Crippen molar-refractivity contribution in [2.45, 2.75) is 44.1 Å². The molecule has 0 bridgehead atoms. The summed E-state index contributed by atoms with van der Waals surface area (Å²) in [4.78, 5) is 22.6. The minimum absolute atomic E-state index is 0.205. The number of nitrogens with zero attached hydrogens (tertiary/aromatic N) is 3. The van der Waals surface area contributed by atoms with Gasteiger partial charge in [0, 0.05) is 32.7 Å². The molecule has 0 spiro atoms. The molecule has 1 fully saturated rings. The number of likely N-dealkylation sites (N-methyl/N-ethyl adjacent to an activating group) is 1. The summed E-state index contributed by atoms with van der Waals surface area (Å²) in [6, 6.07) is 0. The Bertz CT molecular complexity index is 427. The molecule has 0 aromatic carbocycles. The number of aromatic nitrogens is 2. The van der Waals surface area contributed by atoms with Crippen LogP contribution in [0.5, 0.6) is 0 Å². The number of carbonyl (C=O) groups excluding carboxylic acids is 1. The van der Waals surface area contributed by atoms with E-state index in [-0.39, 0.29) is 11.4 Å². The van der Waals surface area contributed by atoms with Crippen LogP contribution in [-0.4, -0.2) is 47.0 Å². The Morgan fingerprint density at radius 1 is 1.40 bits per heavy atom. The van der Waals surface area contributed by atoms with Gasteiger partial charge in [0.05, 0.1) is 11.2 Å². The standard InChI is InChI=1S/C15H24N4O/c1-19(2)14(20)15(7-3-4-9-18-15)8-5-6-13-12-16-10-11-17-13/h10-12,18H,3-9H2,1-2H3/t15-/m1/s1. The predicted molar refractivity (Wildman–Crippen MR) is 78.2 cm³/mol. The molecule has 1 saturated heterocycles. The molecule has 0 radical (unpaired) electrons. The van der Waals surface area contributed by atoms with E-state index in [0.29, 0.717) is 0 Å². The number of carbonyl (C=O) groups is 1. The van der Waals surface area contributed by atoms with Crippen LogP contribution in [0.3, 0.4) is 0 Å². The lowest BCUT2D eigenvalue weighted by Crippen LogP contribution is -2.58. The third-order valence-corrected chi connectivity index (χ3v) is 3.96. The van der Waals surface area contributed by atoms with Gasteiger partial charge in [-0.3, -0.25) is 14.8 Å². The fourth-order valence-corrected chi connectivity index (χ4v) is 2.93. The van der Waals surface area contributed by atoms with E-state index in [2.05, 4.69) is 15.3 Å². The van der Waals surface area contributed by atoms with Crippen LogP contribution in [-0.2, 0) is 11.2 Å². The Kier molecular flexibility index (Phi) is 5.06. The van der Waals surface area contributed by atoms with E-state index in [9.17, 15) is 4.79 Å². The first-order valence-electron chi connectivity index (χ1n) is 7.36. The molecule has 1 amide bonds. The summed E-state index contributed by atoms with van der Waals surface area (Å²) in [6.07, 6.45) is 11.1. The molecule has 1 aliphatic rings. The maximum absolute atomic E-state index is 12.5. The van der Waals surface area contributed by atoms with Crippen LogP contribution in [0, 0.1) is 0 Å². The molecule has 5 heteroatoms. The van der Waals surface area contributed by atoms with Crippen molar-refractivity contribution in [3.05, 3.63) is 24.3 Å². The Morgan fingerprint density at radius 3 is 2.85 bits per heavy atom. The van der Waals surface area contributed by atoms with Crippen LogP contribution >= 0.6 is 0 Å². The first-order valence-corrected chi connectivity index (χ1v) is 7.36. The van der Waals surface area contributed by atoms with Crippen LogP contribution < -0.4 is 5.32 Å². The second-order valence-corrected chi connectivity index (χ2v) is 5.72. The molecule has 5 nitrogen and oxygen atoms in total. The smallest absolute Gasteiger partial charge is 0.242 e. The van der Waals surface area contributed by atoms with Crippen molar-refractivity contribution in [1.82, 2.24) is 20.2 Å². The lowest BCUT2D eigenvalue weighted by atomic mass is 9.83. The van der Waals surface area contributed by atoms with E-state index in [0.717, 1.165) is 50.8 Å². The first-order chi connectivity index (χ1) is 9.64. The van der Waals surface area contributed by atoms with Crippen molar-refractivity contribution in [2.75, 3.05) is 20.6 Å². The van der Waals surface area contributed by atoms with Gasteiger partial charge in [0.2, 0.25) is 5.91 Å². The van der Waals surface area contributed by atoms with Gasteiger partial charge >= 0.3 is 0 Å². The van der Waals surface area contributed by atoms with Crippen LogP contribution in [0.25, 0.3) is 0 Å². The minimum atomic E-state index is -0.371. The molecule has 0 unspecified atom stereocenters. The van der Waals surface area contributed by atoms with Crippen LogP contribution in [0.2, 0.25) is 0 Å². The van der Waals surface area contributed by atoms with Gasteiger partial charge < -0.3 is 10.2 Å². The van der Waals surface area contributed by atoms with Crippen molar-refractivity contribution in [1.29, 1.82) is 0 Å². The average molecular weight is 276 g/mol. The molecule has 110 valence electrons. The molecule has 1 aromatic heterocycles. The molecule has 0 aliphatic carbocycles. The van der Waals surface area contributed by atoms with Crippen molar-refractivity contribution < 1.29 is 4.79 Å². The average Bonchev–Trinajstić information content (AvgIpc) is 2.48. The summed E-state index contributed by atoms with van der Waals surface area (Å²) in [5, 5.41) is 3.47. The van der Waals surface area contributed by atoms with Crippen molar-refractivity contribution >= 4 is 5.91 Å². The van der Waals surface area contributed by atoms with E-state index < -0.39 is 0 Å². The predicted octanol–water partition coefficient (Wildman–Crippen LogP) is 1.40. The molecule has 20 heavy (non-hydrogen) atoms. The van der Waals surface area contributed by atoms with Crippen LogP contribution in [0.4, 0.5) is 0 Å². The minimum Gasteiger partial charge on any atom is -0.347 e. The van der Waals surface area contributed by atoms with Gasteiger partial charge in [-0.1, -0.05) is 0 Å². The Balaban J connectivity index is 1.96. The first kappa shape index (κ1) is 14.9. The SMILES string of the molecule is CN(C)C(=O)[C@]1(CCCc2cnccn2)CCCCN1. The Hall–Kier alpha value is -1.49.